The Bertz CT molecular complexity index is 1820. The van der Waals surface area contributed by atoms with E-state index in [9.17, 15) is 19.5 Å². The third-order valence-corrected chi connectivity index (χ3v) is 8.96. The lowest BCUT2D eigenvalue weighted by molar-refractivity contribution is -0.117. The number of anilines is 1. The summed E-state index contributed by atoms with van der Waals surface area (Å²) in [5, 5.41) is 20.5. The Morgan fingerprint density at radius 2 is 1.79 bits per heavy atom. The van der Waals surface area contributed by atoms with Crippen molar-refractivity contribution in [2.75, 3.05) is 12.0 Å². The SMILES string of the molecule is COC(=O)c1ccc(C2C(C(=O)c3cc4ccccc4o3)=C(O)C(=O)N2c2nnc(SCc3ccc(C)cc3)s2)cc1. The number of nitrogens with zero attached hydrogens (tertiary/aromatic N) is 3. The Morgan fingerprint density at radius 3 is 2.50 bits per heavy atom. The van der Waals surface area contributed by atoms with Crippen molar-refractivity contribution in [1.29, 1.82) is 0 Å². The number of esters is 1. The molecule has 6 rings (SSSR count). The summed E-state index contributed by atoms with van der Waals surface area (Å²) in [6.45, 7) is 2.02. The van der Waals surface area contributed by atoms with Gasteiger partial charge in [-0.2, -0.15) is 0 Å². The van der Waals surface area contributed by atoms with Crippen molar-refractivity contribution in [3.05, 3.63) is 118 Å². The largest absolute Gasteiger partial charge is 0.503 e. The number of aryl methyl sites for hydroxylation is 1. The summed E-state index contributed by atoms with van der Waals surface area (Å²) >= 11 is 2.65. The van der Waals surface area contributed by atoms with Gasteiger partial charge < -0.3 is 14.3 Å². The van der Waals surface area contributed by atoms with Gasteiger partial charge in [0.25, 0.3) is 5.91 Å². The summed E-state index contributed by atoms with van der Waals surface area (Å²) in [5.41, 5.74) is 3.39. The van der Waals surface area contributed by atoms with Crippen molar-refractivity contribution in [2.24, 2.45) is 0 Å². The highest BCUT2D eigenvalue weighted by Crippen LogP contribution is 2.44. The summed E-state index contributed by atoms with van der Waals surface area (Å²) in [7, 11) is 1.28. The van der Waals surface area contributed by atoms with Gasteiger partial charge in [0, 0.05) is 11.1 Å². The van der Waals surface area contributed by atoms with Crippen LogP contribution in [-0.4, -0.2) is 40.1 Å². The van der Waals surface area contributed by atoms with Crippen LogP contribution in [-0.2, 0) is 15.3 Å². The summed E-state index contributed by atoms with van der Waals surface area (Å²) in [4.78, 5) is 40.7. The van der Waals surface area contributed by atoms with Gasteiger partial charge in [0.15, 0.2) is 15.9 Å². The zero-order valence-electron chi connectivity index (χ0n) is 22.4. The van der Waals surface area contributed by atoms with Crippen molar-refractivity contribution in [1.82, 2.24) is 10.2 Å². The van der Waals surface area contributed by atoms with E-state index in [0.717, 1.165) is 5.56 Å². The molecule has 3 aromatic carbocycles. The Labute approximate surface area is 248 Å². The number of amides is 1. The first-order valence-electron chi connectivity index (χ1n) is 12.8. The fourth-order valence-electron chi connectivity index (χ4n) is 4.68. The van der Waals surface area contributed by atoms with E-state index in [-0.39, 0.29) is 16.5 Å². The molecule has 0 saturated carbocycles. The molecule has 11 heteroatoms. The van der Waals surface area contributed by atoms with Crippen molar-refractivity contribution in [3.63, 3.8) is 0 Å². The fourth-order valence-corrected chi connectivity index (χ4v) is 6.51. The molecule has 2 aromatic heterocycles. The van der Waals surface area contributed by atoms with Crippen LogP contribution in [0.15, 0.2) is 99.0 Å². The smallest absolute Gasteiger partial charge is 0.337 e. The van der Waals surface area contributed by atoms with E-state index in [1.165, 1.54) is 52.8 Å². The third kappa shape index (κ3) is 5.08. The number of para-hydroxylation sites is 1. The monoisotopic (exact) mass is 597 g/mol. The molecule has 1 aliphatic rings. The second-order valence-corrected chi connectivity index (χ2v) is 11.7. The van der Waals surface area contributed by atoms with Crippen LogP contribution in [0.1, 0.15) is 43.6 Å². The standard InChI is InChI=1S/C31H23N3O6S2/c1-17-7-9-18(10-8-17)16-41-31-33-32-30(42-31)34-25(19-11-13-20(14-12-19)29(38)39-2)24(27(36)28(34)37)26(35)23-15-21-5-3-4-6-22(21)40-23/h3-15,25,36H,16H2,1-2H3. The molecule has 0 spiro atoms. The molecule has 5 aromatic rings. The van der Waals surface area contributed by atoms with E-state index in [0.29, 0.717) is 32.2 Å². The molecular formula is C31H23N3O6S2. The minimum absolute atomic E-state index is 0.0183. The molecule has 42 heavy (non-hydrogen) atoms. The van der Waals surface area contributed by atoms with E-state index in [4.69, 9.17) is 9.15 Å². The van der Waals surface area contributed by atoms with Crippen LogP contribution in [0.3, 0.4) is 0 Å². The van der Waals surface area contributed by atoms with Crippen LogP contribution in [0, 0.1) is 6.92 Å². The quantitative estimate of drug-likeness (QED) is 0.0930. The number of aliphatic hydroxyl groups excluding tert-OH is 1. The molecule has 0 bridgehead atoms. The lowest BCUT2D eigenvalue weighted by Crippen LogP contribution is -2.31. The highest BCUT2D eigenvalue weighted by atomic mass is 32.2. The van der Waals surface area contributed by atoms with Crippen molar-refractivity contribution < 1.29 is 28.6 Å². The van der Waals surface area contributed by atoms with Gasteiger partial charge >= 0.3 is 5.97 Å². The molecular weight excluding hydrogens is 574 g/mol. The van der Waals surface area contributed by atoms with Crippen molar-refractivity contribution in [2.45, 2.75) is 23.1 Å². The molecule has 1 aliphatic heterocycles. The topological polar surface area (TPSA) is 123 Å². The number of carbonyl (C=O) groups is 3. The van der Waals surface area contributed by atoms with Crippen LogP contribution in [0.25, 0.3) is 11.0 Å². The average molecular weight is 598 g/mol. The minimum atomic E-state index is -1.05. The number of aromatic nitrogens is 2. The van der Waals surface area contributed by atoms with E-state index in [1.54, 1.807) is 36.4 Å². The van der Waals surface area contributed by atoms with Gasteiger partial charge in [-0.05, 0) is 42.3 Å². The molecule has 210 valence electrons. The Morgan fingerprint density at radius 1 is 1.05 bits per heavy atom. The van der Waals surface area contributed by atoms with Gasteiger partial charge in [-0.3, -0.25) is 14.5 Å². The molecule has 1 unspecified atom stereocenters. The molecule has 0 saturated heterocycles. The van der Waals surface area contributed by atoms with Crippen molar-refractivity contribution in [3.8, 4) is 0 Å². The summed E-state index contributed by atoms with van der Waals surface area (Å²) < 4.78 is 11.2. The summed E-state index contributed by atoms with van der Waals surface area (Å²) in [5.74, 6) is -2.03. The molecule has 3 heterocycles. The molecule has 1 N–H and O–H groups in total. The molecule has 9 nitrogen and oxygen atoms in total. The zero-order valence-corrected chi connectivity index (χ0v) is 24.1. The van der Waals surface area contributed by atoms with Gasteiger partial charge in [-0.15, -0.1) is 10.2 Å². The van der Waals surface area contributed by atoms with Gasteiger partial charge in [0.2, 0.25) is 10.9 Å². The lowest BCUT2D eigenvalue weighted by Gasteiger charge is -2.24. The van der Waals surface area contributed by atoms with Crippen LogP contribution in [0.4, 0.5) is 5.13 Å². The fraction of sp³-hybridized carbons (Fsp3) is 0.129. The van der Waals surface area contributed by atoms with Crippen LogP contribution in [0.5, 0.6) is 0 Å². The number of thioether (sulfide) groups is 1. The van der Waals surface area contributed by atoms with Gasteiger partial charge in [0.1, 0.15) is 5.58 Å². The first-order chi connectivity index (χ1) is 20.3. The highest BCUT2D eigenvalue weighted by Gasteiger charge is 2.46. The number of hydrogen-bond acceptors (Lipinski definition) is 10. The van der Waals surface area contributed by atoms with E-state index >= 15 is 0 Å². The number of methoxy groups -OCH3 is 1. The molecule has 0 radical (unpaired) electrons. The first-order valence-corrected chi connectivity index (χ1v) is 14.6. The Hall–Kier alpha value is -4.74. The van der Waals surface area contributed by atoms with Gasteiger partial charge in [0.05, 0.1) is 24.3 Å². The number of benzene rings is 3. The normalized spacial score (nSPS) is 15.0. The summed E-state index contributed by atoms with van der Waals surface area (Å²) in [6.07, 6.45) is 0. The summed E-state index contributed by atoms with van der Waals surface area (Å²) in [6, 6.07) is 22.1. The van der Waals surface area contributed by atoms with Crippen LogP contribution < -0.4 is 4.90 Å². The average Bonchev–Trinajstić information content (AvgIpc) is 3.72. The van der Waals surface area contributed by atoms with Gasteiger partial charge in [-0.25, -0.2) is 4.79 Å². The molecule has 0 fully saturated rings. The lowest BCUT2D eigenvalue weighted by atomic mass is 9.94. The minimum Gasteiger partial charge on any atom is -0.503 e. The Kier molecular flexibility index (Phi) is 7.36. The number of Topliss-reactive ketones (excluding diaryl/α,β-unsaturated/α-hetero) is 1. The number of hydrogen-bond donors (Lipinski definition) is 1. The first kappa shape index (κ1) is 27.4. The second-order valence-electron chi connectivity index (χ2n) is 9.56. The molecule has 1 atom stereocenters. The number of furan rings is 1. The third-order valence-electron chi connectivity index (χ3n) is 6.83. The van der Waals surface area contributed by atoms with E-state index < -0.39 is 29.5 Å². The molecule has 1 amide bonds. The maximum absolute atomic E-state index is 13.8. The zero-order chi connectivity index (χ0) is 29.4. The maximum Gasteiger partial charge on any atom is 0.337 e. The number of ether oxygens (including phenoxy) is 1. The number of carbonyl (C=O) groups excluding carboxylic acids is 3. The predicted molar refractivity (Wildman–Crippen MR) is 159 cm³/mol. The number of aliphatic hydroxyl groups is 1. The second kappa shape index (κ2) is 11.3. The van der Waals surface area contributed by atoms with Gasteiger partial charge in [-0.1, -0.05) is 83.3 Å². The van der Waals surface area contributed by atoms with Crippen LogP contribution in [0.2, 0.25) is 0 Å². The number of rotatable bonds is 8. The predicted octanol–water partition coefficient (Wildman–Crippen LogP) is 6.45. The van der Waals surface area contributed by atoms with E-state index in [1.807, 2.05) is 37.3 Å². The highest BCUT2D eigenvalue weighted by molar-refractivity contribution is 8.00. The van der Waals surface area contributed by atoms with Crippen molar-refractivity contribution >= 4 is 56.9 Å². The number of ketones is 1. The van der Waals surface area contributed by atoms with E-state index in [2.05, 4.69) is 10.2 Å². The molecule has 0 aliphatic carbocycles. The van der Waals surface area contributed by atoms with Crippen LogP contribution >= 0.6 is 23.1 Å². The Balaban J connectivity index is 1.37. The maximum atomic E-state index is 13.8. The number of fused-ring (bicyclic) bond motifs is 1.